The Balaban J connectivity index is 1.97. The second kappa shape index (κ2) is 6.95. The second-order valence-corrected chi connectivity index (χ2v) is 7.35. The highest BCUT2D eigenvalue weighted by Crippen LogP contribution is 2.38. The lowest BCUT2D eigenvalue weighted by Gasteiger charge is -2.31. The Morgan fingerprint density at radius 3 is 2.68 bits per heavy atom. The lowest BCUT2D eigenvalue weighted by molar-refractivity contribution is 0.412. The molecule has 0 amide bonds. The minimum absolute atomic E-state index is 0.808. The van der Waals surface area contributed by atoms with Crippen LogP contribution in [0.2, 0.25) is 5.02 Å². The molecule has 0 unspecified atom stereocenters. The normalized spacial score (nSPS) is 14.3. The minimum Gasteiger partial charge on any atom is -0.365 e. The van der Waals surface area contributed by atoms with E-state index in [1.165, 1.54) is 21.7 Å². The highest BCUT2D eigenvalue weighted by Gasteiger charge is 2.18. The summed E-state index contributed by atoms with van der Waals surface area (Å²) in [5, 5.41) is 0.808. The van der Waals surface area contributed by atoms with E-state index in [2.05, 4.69) is 60.3 Å². The third kappa shape index (κ3) is 3.60. The van der Waals surface area contributed by atoms with Crippen LogP contribution >= 0.6 is 23.4 Å². The van der Waals surface area contributed by atoms with Gasteiger partial charge in [0.2, 0.25) is 0 Å². The van der Waals surface area contributed by atoms with Crippen molar-refractivity contribution in [3.8, 4) is 0 Å². The average molecular weight is 333 g/mol. The quantitative estimate of drug-likeness (QED) is 0.816. The number of likely N-dealkylation sites (N-methyl/N-ethyl adjacent to an activating group) is 1. The molecule has 0 spiro atoms. The molecule has 3 rings (SSSR count). The second-order valence-electron chi connectivity index (χ2n) is 5.89. The Morgan fingerprint density at radius 2 is 1.91 bits per heavy atom. The zero-order valence-corrected chi connectivity index (χ0v) is 14.6. The van der Waals surface area contributed by atoms with Gasteiger partial charge in [0.15, 0.2) is 0 Å². The Hall–Kier alpha value is -1.16. The largest absolute Gasteiger partial charge is 0.365 e. The van der Waals surface area contributed by atoms with Gasteiger partial charge in [-0.25, -0.2) is 0 Å². The van der Waals surface area contributed by atoms with Gasteiger partial charge in [-0.2, -0.15) is 0 Å². The summed E-state index contributed by atoms with van der Waals surface area (Å²) in [5.74, 6) is 1.02. The number of halogens is 1. The molecule has 2 nitrogen and oxygen atoms in total. The smallest absolute Gasteiger partial charge is 0.0522 e. The summed E-state index contributed by atoms with van der Waals surface area (Å²) in [4.78, 5) is 5.99. The average Bonchev–Trinajstić information content (AvgIpc) is 2.49. The molecule has 0 aromatic heterocycles. The number of fused-ring (bicyclic) bond motifs is 2. The van der Waals surface area contributed by atoms with Crippen molar-refractivity contribution in [1.82, 2.24) is 4.90 Å². The van der Waals surface area contributed by atoms with Crippen LogP contribution in [0.1, 0.15) is 11.1 Å². The van der Waals surface area contributed by atoms with Gasteiger partial charge in [0.1, 0.15) is 0 Å². The van der Waals surface area contributed by atoms with Crippen molar-refractivity contribution in [2.75, 3.05) is 32.1 Å². The molecule has 0 atom stereocenters. The lowest BCUT2D eigenvalue weighted by atomic mass is 10.1. The van der Waals surface area contributed by atoms with Crippen LogP contribution < -0.4 is 4.90 Å². The third-order valence-corrected chi connectivity index (χ3v) is 5.29. The molecule has 116 valence electrons. The topological polar surface area (TPSA) is 6.48 Å². The predicted octanol–water partition coefficient (Wildman–Crippen LogP) is 4.51. The van der Waals surface area contributed by atoms with Gasteiger partial charge in [-0.05, 0) is 43.4 Å². The fourth-order valence-electron chi connectivity index (χ4n) is 2.68. The van der Waals surface area contributed by atoms with Crippen LogP contribution in [0.5, 0.6) is 0 Å². The van der Waals surface area contributed by atoms with Gasteiger partial charge in [0.25, 0.3) is 0 Å². The summed E-state index contributed by atoms with van der Waals surface area (Å²) in [6.45, 7) is 2.96. The minimum atomic E-state index is 0.808. The molecule has 1 heterocycles. The SMILES string of the molecule is CN(C)CCN1Cc2ccccc2CSc2ccc(Cl)cc21. The molecule has 2 aromatic carbocycles. The first-order chi connectivity index (χ1) is 10.6. The monoisotopic (exact) mass is 332 g/mol. The summed E-state index contributed by atoms with van der Waals surface area (Å²) in [6.07, 6.45) is 0. The molecule has 4 heteroatoms. The van der Waals surface area contributed by atoms with Crippen molar-refractivity contribution in [1.29, 1.82) is 0 Å². The van der Waals surface area contributed by atoms with Crippen LogP contribution in [0.25, 0.3) is 0 Å². The molecule has 0 aliphatic carbocycles. The summed E-state index contributed by atoms with van der Waals surface area (Å²) in [7, 11) is 4.23. The summed E-state index contributed by atoms with van der Waals surface area (Å²) in [6, 6.07) is 15.0. The number of nitrogens with zero attached hydrogens (tertiary/aromatic N) is 2. The van der Waals surface area contributed by atoms with E-state index in [9.17, 15) is 0 Å². The maximum Gasteiger partial charge on any atom is 0.0522 e. The number of thioether (sulfide) groups is 1. The van der Waals surface area contributed by atoms with E-state index >= 15 is 0 Å². The number of hydrogen-bond acceptors (Lipinski definition) is 3. The van der Waals surface area contributed by atoms with E-state index in [0.29, 0.717) is 0 Å². The maximum absolute atomic E-state index is 6.25. The van der Waals surface area contributed by atoms with Crippen LogP contribution in [0.3, 0.4) is 0 Å². The van der Waals surface area contributed by atoms with Crippen molar-refractivity contribution in [2.45, 2.75) is 17.2 Å². The fraction of sp³-hybridized carbons (Fsp3) is 0.333. The molecule has 0 bridgehead atoms. The van der Waals surface area contributed by atoms with Gasteiger partial charge >= 0.3 is 0 Å². The van der Waals surface area contributed by atoms with Crippen LogP contribution in [-0.4, -0.2) is 32.1 Å². The van der Waals surface area contributed by atoms with E-state index < -0.39 is 0 Å². The van der Waals surface area contributed by atoms with Crippen LogP contribution in [0.15, 0.2) is 47.4 Å². The fourth-order valence-corrected chi connectivity index (χ4v) is 3.94. The molecule has 0 saturated heterocycles. The molecule has 0 fully saturated rings. The van der Waals surface area contributed by atoms with Crippen molar-refractivity contribution < 1.29 is 0 Å². The first-order valence-electron chi connectivity index (χ1n) is 7.52. The molecule has 0 N–H and O–H groups in total. The van der Waals surface area contributed by atoms with E-state index in [0.717, 1.165) is 30.4 Å². The van der Waals surface area contributed by atoms with Gasteiger partial charge in [-0.1, -0.05) is 35.9 Å². The number of rotatable bonds is 3. The molecular weight excluding hydrogens is 312 g/mol. The molecule has 0 saturated carbocycles. The molecule has 0 radical (unpaired) electrons. The Morgan fingerprint density at radius 1 is 1.14 bits per heavy atom. The van der Waals surface area contributed by atoms with Crippen LogP contribution in [0.4, 0.5) is 5.69 Å². The molecule has 22 heavy (non-hydrogen) atoms. The zero-order chi connectivity index (χ0) is 15.5. The lowest BCUT2D eigenvalue weighted by Crippen LogP contribution is -2.32. The maximum atomic E-state index is 6.25. The van der Waals surface area contributed by atoms with E-state index in [1.54, 1.807) is 0 Å². The first-order valence-corrected chi connectivity index (χ1v) is 8.88. The molecule has 1 aliphatic heterocycles. The molecular formula is C18H21ClN2S. The van der Waals surface area contributed by atoms with E-state index in [-0.39, 0.29) is 0 Å². The summed E-state index contributed by atoms with van der Waals surface area (Å²) >= 11 is 8.15. The Bertz CT molecular complexity index is 657. The van der Waals surface area contributed by atoms with Crippen molar-refractivity contribution in [3.05, 3.63) is 58.6 Å². The van der Waals surface area contributed by atoms with Gasteiger partial charge in [0.05, 0.1) is 5.69 Å². The Kier molecular flexibility index (Phi) is 4.97. The third-order valence-electron chi connectivity index (χ3n) is 3.94. The molecule has 2 aromatic rings. The van der Waals surface area contributed by atoms with Gasteiger partial charge in [-0.15, -0.1) is 11.8 Å². The highest BCUT2D eigenvalue weighted by atomic mass is 35.5. The summed E-state index contributed by atoms with van der Waals surface area (Å²) < 4.78 is 0. The zero-order valence-electron chi connectivity index (χ0n) is 13.1. The van der Waals surface area contributed by atoms with E-state index in [1.807, 2.05) is 17.8 Å². The Labute approximate surface area is 142 Å². The summed E-state index contributed by atoms with van der Waals surface area (Å²) in [5.41, 5.74) is 4.11. The van der Waals surface area contributed by atoms with Gasteiger partial charge in [0, 0.05) is 35.3 Å². The van der Waals surface area contributed by atoms with Gasteiger partial charge < -0.3 is 9.80 Å². The van der Waals surface area contributed by atoms with Gasteiger partial charge in [-0.3, -0.25) is 0 Å². The highest BCUT2D eigenvalue weighted by molar-refractivity contribution is 7.98. The van der Waals surface area contributed by atoms with Crippen molar-refractivity contribution >= 4 is 29.1 Å². The standard InChI is InChI=1S/C18H21ClN2S/c1-20(2)9-10-21-12-14-5-3-4-6-15(14)13-22-18-8-7-16(19)11-17(18)21/h3-8,11H,9-10,12-13H2,1-2H3. The number of benzene rings is 2. The van der Waals surface area contributed by atoms with Crippen molar-refractivity contribution in [2.24, 2.45) is 0 Å². The predicted molar refractivity (Wildman–Crippen MR) is 97.1 cm³/mol. The number of hydrogen-bond donors (Lipinski definition) is 0. The van der Waals surface area contributed by atoms with Crippen LogP contribution in [-0.2, 0) is 12.3 Å². The van der Waals surface area contributed by atoms with Crippen LogP contribution in [0, 0.1) is 0 Å². The number of anilines is 1. The first kappa shape index (κ1) is 15.7. The van der Waals surface area contributed by atoms with Crippen molar-refractivity contribution in [3.63, 3.8) is 0 Å². The molecule has 1 aliphatic rings. The van der Waals surface area contributed by atoms with E-state index in [4.69, 9.17) is 11.6 Å².